The van der Waals surface area contributed by atoms with Gasteiger partial charge in [0.1, 0.15) is 11.4 Å². The Morgan fingerprint density at radius 3 is 2.78 bits per heavy atom. The fraction of sp³-hybridized carbons (Fsp3) is 0.200. The summed E-state index contributed by atoms with van der Waals surface area (Å²) in [5.41, 5.74) is 1.47. The largest absolute Gasteiger partial charge is 0.872 e. The van der Waals surface area contributed by atoms with Gasteiger partial charge in [0.05, 0.1) is 11.1 Å². The number of para-hydroxylation sites is 1. The molecule has 1 N–H and O–H groups in total. The standard InChI is InChI=1S/C20H19N3O3S/c1-2-26-16-9-7-15(8-10-16)22-12-21-20-23(13-22)19(25)18(27-20)11-14-5-3-4-6-17(14)24/h3-11,24H,2,12-13H2,1H3/b18-11-. The smallest absolute Gasteiger partial charge is 0.274 e. The highest BCUT2D eigenvalue weighted by atomic mass is 32.1. The molecule has 0 bridgehead atoms. The Morgan fingerprint density at radius 2 is 2.04 bits per heavy atom. The van der Waals surface area contributed by atoms with E-state index in [1.54, 1.807) is 28.8 Å². The van der Waals surface area contributed by atoms with Crippen LogP contribution in [0, 0.1) is 0 Å². The molecule has 0 saturated heterocycles. The van der Waals surface area contributed by atoms with Crippen LogP contribution in [0.15, 0.2) is 58.3 Å². The monoisotopic (exact) mass is 381 g/mol. The molecular formula is C20H19N3O3S. The second-order valence-electron chi connectivity index (χ2n) is 6.20. The van der Waals surface area contributed by atoms with Crippen molar-refractivity contribution in [2.75, 3.05) is 13.3 Å². The quantitative estimate of drug-likeness (QED) is 0.690. The van der Waals surface area contributed by atoms with Crippen LogP contribution in [0.5, 0.6) is 11.5 Å². The van der Waals surface area contributed by atoms with Crippen molar-refractivity contribution in [3.05, 3.63) is 73.8 Å². The lowest BCUT2D eigenvalue weighted by Crippen LogP contribution is -3.07. The van der Waals surface area contributed by atoms with Gasteiger partial charge in [-0.05, 0) is 30.7 Å². The van der Waals surface area contributed by atoms with E-state index in [0.29, 0.717) is 34.8 Å². The first-order chi connectivity index (χ1) is 13.2. The lowest BCUT2D eigenvalue weighted by atomic mass is 10.2. The summed E-state index contributed by atoms with van der Waals surface area (Å²) in [7, 11) is 0. The fourth-order valence-electron chi connectivity index (χ4n) is 3.05. The van der Waals surface area contributed by atoms with Gasteiger partial charge in [0, 0.05) is 12.1 Å². The SMILES string of the molecule is CCOc1ccc([NH+]2CN=c3s/c(=C\c4ccccc4[O-])c(=O)n3C2)cc1. The van der Waals surface area contributed by atoms with Gasteiger partial charge in [-0.15, -0.1) is 5.75 Å². The van der Waals surface area contributed by atoms with E-state index in [4.69, 9.17) is 4.74 Å². The van der Waals surface area contributed by atoms with E-state index in [9.17, 15) is 9.90 Å². The van der Waals surface area contributed by atoms with Gasteiger partial charge < -0.3 is 9.84 Å². The Kier molecular flexibility index (Phi) is 4.79. The predicted molar refractivity (Wildman–Crippen MR) is 102 cm³/mol. The number of quaternary nitrogens is 1. The zero-order valence-corrected chi connectivity index (χ0v) is 15.7. The van der Waals surface area contributed by atoms with Crippen LogP contribution < -0.4 is 29.6 Å². The van der Waals surface area contributed by atoms with Gasteiger partial charge in [0.25, 0.3) is 5.56 Å². The van der Waals surface area contributed by atoms with Gasteiger partial charge in [0.15, 0.2) is 18.1 Å². The maximum Gasteiger partial charge on any atom is 0.274 e. The summed E-state index contributed by atoms with van der Waals surface area (Å²) in [6.07, 6.45) is 1.66. The molecule has 0 saturated carbocycles. The van der Waals surface area contributed by atoms with Crippen molar-refractivity contribution < 1.29 is 14.7 Å². The zero-order valence-electron chi connectivity index (χ0n) is 14.8. The van der Waals surface area contributed by atoms with Crippen LogP contribution in [0.4, 0.5) is 5.69 Å². The van der Waals surface area contributed by atoms with E-state index in [1.165, 1.54) is 17.4 Å². The average Bonchev–Trinajstić information content (AvgIpc) is 3.00. The van der Waals surface area contributed by atoms with Crippen molar-refractivity contribution in [1.29, 1.82) is 0 Å². The molecule has 7 heteroatoms. The Hall–Kier alpha value is -2.90. The number of nitrogens with one attached hydrogen (secondary N) is 1. The molecule has 1 aliphatic heterocycles. The topological polar surface area (TPSA) is 71.1 Å². The number of fused-ring (bicyclic) bond motifs is 1. The van der Waals surface area contributed by atoms with Gasteiger partial charge in [-0.2, -0.15) is 0 Å². The van der Waals surface area contributed by atoms with Gasteiger partial charge in [-0.1, -0.05) is 35.6 Å². The van der Waals surface area contributed by atoms with Crippen molar-refractivity contribution >= 4 is 23.1 Å². The number of benzene rings is 2. The van der Waals surface area contributed by atoms with Crippen LogP contribution in [0.25, 0.3) is 6.08 Å². The second-order valence-corrected chi connectivity index (χ2v) is 7.21. The van der Waals surface area contributed by atoms with Crippen molar-refractivity contribution in [2.45, 2.75) is 13.6 Å². The molecule has 0 spiro atoms. The highest BCUT2D eigenvalue weighted by Gasteiger charge is 2.20. The zero-order chi connectivity index (χ0) is 18.8. The first-order valence-corrected chi connectivity index (χ1v) is 9.57. The maximum absolute atomic E-state index is 12.8. The lowest BCUT2D eigenvalue weighted by molar-refractivity contribution is -0.860. The number of hydrogen-bond acceptors (Lipinski definition) is 5. The fourth-order valence-corrected chi connectivity index (χ4v) is 4.01. The van der Waals surface area contributed by atoms with Gasteiger partial charge in [0.2, 0.25) is 0 Å². The molecule has 1 aromatic heterocycles. The Balaban J connectivity index is 1.65. The van der Waals surface area contributed by atoms with Crippen molar-refractivity contribution in [3.8, 4) is 11.5 Å². The molecule has 0 fully saturated rings. The van der Waals surface area contributed by atoms with Crippen LogP contribution in [0.2, 0.25) is 0 Å². The minimum Gasteiger partial charge on any atom is -0.872 e. The van der Waals surface area contributed by atoms with E-state index >= 15 is 0 Å². The third-order valence-corrected chi connectivity index (χ3v) is 5.47. The highest BCUT2D eigenvalue weighted by molar-refractivity contribution is 7.07. The molecule has 0 radical (unpaired) electrons. The van der Waals surface area contributed by atoms with Crippen LogP contribution in [0.3, 0.4) is 0 Å². The number of thiazole rings is 1. The van der Waals surface area contributed by atoms with Crippen LogP contribution in [0.1, 0.15) is 12.5 Å². The number of hydrogen-bond donors (Lipinski definition) is 1. The average molecular weight is 381 g/mol. The Labute approximate surface area is 159 Å². The molecule has 138 valence electrons. The van der Waals surface area contributed by atoms with Crippen LogP contribution >= 0.6 is 11.3 Å². The van der Waals surface area contributed by atoms with Crippen molar-refractivity contribution in [1.82, 2.24) is 4.57 Å². The number of nitrogens with zero attached hydrogens (tertiary/aromatic N) is 2. The number of aromatic nitrogens is 1. The molecule has 2 heterocycles. The first kappa shape index (κ1) is 17.5. The normalized spacial score (nSPS) is 16.6. The summed E-state index contributed by atoms with van der Waals surface area (Å²) in [5.74, 6) is 0.739. The summed E-state index contributed by atoms with van der Waals surface area (Å²) in [4.78, 5) is 19.1. The third-order valence-electron chi connectivity index (χ3n) is 4.42. The number of rotatable bonds is 4. The Bertz CT molecular complexity index is 1130. The van der Waals surface area contributed by atoms with E-state index in [1.807, 2.05) is 31.2 Å². The molecule has 6 nitrogen and oxygen atoms in total. The summed E-state index contributed by atoms with van der Waals surface area (Å²) < 4.78 is 7.69. The summed E-state index contributed by atoms with van der Waals surface area (Å²) >= 11 is 1.33. The van der Waals surface area contributed by atoms with E-state index in [2.05, 4.69) is 4.99 Å². The molecule has 0 amide bonds. The molecule has 4 rings (SSSR count). The van der Waals surface area contributed by atoms with E-state index < -0.39 is 0 Å². The third kappa shape index (κ3) is 3.51. The minimum absolute atomic E-state index is 0.0909. The molecule has 1 aliphatic rings. The second kappa shape index (κ2) is 7.38. The molecule has 0 aliphatic carbocycles. The van der Waals surface area contributed by atoms with E-state index in [0.717, 1.165) is 16.3 Å². The summed E-state index contributed by atoms with van der Waals surface area (Å²) in [5, 5.41) is 11.9. The summed E-state index contributed by atoms with van der Waals surface area (Å²) in [6, 6.07) is 14.6. The minimum atomic E-state index is -0.106. The van der Waals surface area contributed by atoms with E-state index in [-0.39, 0.29) is 11.3 Å². The number of ether oxygens (including phenoxy) is 1. The molecule has 1 atom stereocenters. The maximum atomic E-state index is 12.8. The van der Waals surface area contributed by atoms with Gasteiger partial charge in [-0.3, -0.25) is 9.69 Å². The lowest BCUT2D eigenvalue weighted by Gasteiger charge is -2.20. The predicted octanol–water partition coefficient (Wildman–Crippen LogP) is -0.0243. The molecule has 2 aromatic carbocycles. The molecule has 1 unspecified atom stereocenters. The first-order valence-electron chi connectivity index (χ1n) is 8.75. The summed E-state index contributed by atoms with van der Waals surface area (Å²) in [6.45, 7) is 3.65. The molecular weight excluding hydrogens is 362 g/mol. The van der Waals surface area contributed by atoms with Crippen molar-refractivity contribution in [2.24, 2.45) is 4.99 Å². The van der Waals surface area contributed by atoms with Crippen LogP contribution in [-0.2, 0) is 6.67 Å². The molecule has 27 heavy (non-hydrogen) atoms. The Morgan fingerprint density at radius 1 is 1.26 bits per heavy atom. The van der Waals surface area contributed by atoms with Crippen molar-refractivity contribution in [3.63, 3.8) is 0 Å². The molecule has 3 aromatic rings. The van der Waals surface area contributed by atoms with Gasteiger partial charge >= 0.3 is 0 Å². The van der Waals surface area contributed by atoms with Crippen LogP contribution in [-0.4, -0.2) is 17.8 Å². The highest BCUT2D eigenvalue weighted by Crippen LogP contribution is 2.13. The van der Waals surface area contributed by atoms with Gasteiger partial charge in [-0.25, -0.2) is 9.56 Å².